The molecule has 0 radical (unpaired) electrons. The van der Waals surface area contributed by atoms with Crippen LogP contribution in [0.5, 0.6) is 0 Å². The number of ketones is 1. The van der Waals surface area contributed by atoms with E-state index in [4.69, 9.17) is 23.8 Å². The molecule has 0 aliphatic carbocycles. The average Bonchev–Trinajstić information content (AvgIpc) is 3.07. The number of likely N-dealkylation sites (N-methyl/N-ethyl adjacent to an activating group) is 1. The van der Waals surface area contributed by atoms with Gasteiger partial charge in [-0.2, -0.15) is 0 Å². The van der Waals surface area contributed by atoms with Crippen LogP contribution in [-0.2, 0) is 40.0 Å². The van der Waals surface area contributed by atoms with Crippen LogP contribution in [0.15, 0.2) is 17.3 Å². The normalized spacial score (nSPS) is 39.3. The van der Waals surface area contributed by atoms with Crippen LogP contribution in [0.1, 0.15) is 96.9 Å². The largest absolute Gasteiger partial charge is 0.459 e. The average molecular weight is 735 g/mol. The van der Waals surface area contributed by atoms with Gasteiger partial charge in [-0.3, -0.25) is 9.59 Å². The number of cyclic esters (lactones) is 1. The fourth-order valence-electron chi connectivity index (χ4n) is 8.23. The minimum absolute atomic E-state index is 0.180. The number of ether oxygens (including phenoxy) is 4. The summed E-state index contributed by atoms with van der Waals surface area (Å²) >= 11 is 0. The first-order valence-electron chi connectivity index (χ1n) is 18.7. The summed E-state index contributed by atoms with van der Waals surface area (Å²) < 4.78 is 24.8. The summed E-state index contributed by atoms with van der Waals surface area (Å²) in [4.78, 5) is 35.7. The van der Waals surface area contributed by atoms with E-state index < -0.39 is 77.3 Å². The SMILES string of the molecule is CCC1OC(=O)[C@H](C)C(=O)[C@H](C)[C@@H](O[C@@H]2O[C@H](C)C[C@H](N(C)C)[C@H]2O)[C@](C)(OC)C[C@@H](C)/C(=N\OCc2c(C)cc(C)cc2C)[C@H](C)[C@@H](O)[C@]1(C)O. The smallest absolute Gasteiger partial charge is 0.316 e. The van der Waals surface area contributed by atoms with Gasteiger partial charge in [0.15, 0.2) is 12.1 Å². The van der Waals surface area contributed by atoms with Crippen LogP contribution in [0, 0.1) is 44.4 Å². The standard InChI is InChI=1S/C40H66N2O10/c1-15-31-40(11,47)35(45)26(7)32(41-49-20-29-22(3)16-21(2)17-23(29)4)24(5)19-39(10,48-14)36(27(8)33(43)28(9)37(46)51-31)52-38-34(44)30(42(12)13)18-25(6)50-38/h16-17,24-28,30-31,34-36,38,44-45,47H,15,18-20H2,1-14H3/b41-32+/t24-,25-,26+,27+,28-,30+,31?,34-,35-,36-,38+,39-,40-/m1/s1. The molecular formula is C40H66N2O10. The summed E-state index contributed by atoms with van der Waals surface area (Å²) in [6.07, 6.45) is -4.98. The van der Waals surface area contributed by atoms with Crippen molar-refractivity contribution in [2.24, 2.45) is 28.8 Å². The van der Waals surface area contributed by atoms with Gasteiger partial charge in [-0.15, -0.1) is 0 Å². The lowest BCUT2D eigenvalue weighted by Crippen LogP contribution is -2.60. The van der Waals surface area contributed by atoms with Crippen LogP contribution in [-0.4, -0.2) is 113 Å². The van der Waals surface area contributed by atoms with Crippen LogP contribution in [0.25, 0.3) is 0 Å². The molecule has 2 saturated heterocycles. The molecular weight excluding hydrogens is 668 g/mol. The summed E-state index contributed by atoms with van der Waals surface area (Å²) in [6, 6.07) is 3.90. The molecule has 0 amide bonds. The van der Waals surface area contributed by atoms with Crippen molar-refractivity contribution in [1.29, 1.82) is 0 Å². The first kappa shape index (κ1) is 44.0. The number of carbonyl (C=O) groups excluding carboxylic acids is 2. The van der Waals surface area contributed by atoms with Gasteiger partial charge in [-0.25, -0.2) is 0 Å². The molecule has 3 N–H and O–H groups in total. The van der Waals surface area contributed by atoms with Gasteiger partial charge in [0.05, 0.1) is 29.6 Å². The fourth-order valence-corrected chi connectivity index (χ4v) is 8.23. The molecule has 1 aromatic rings. The lowest BCUT2D eigenvalue weighted by Gasteiger charge is -2.47. The highest BCUT2D eigenvalue weighted by atomic mass is 16.7. The van der Waals surface area contributed by atoms with Crippen molar-refractivity contribution in [3.8, 4) is 0 Å². The Morgan fingerprint density at radius 2 is 1.60 bits per heavy atom. The summed E-state index contributed by atoms with van der Waals surface area (Å²) in [5.74, 6) is -4.68. The van der Waals surface area contributed by atoms with Crippen LogP contribution in [0.3, 0.4) is 0 Å². The number of methoxy groups -OCH3 is 1. The minimum atomic E-state index is -1.91. The Balaban J connectivity index is 2.17. The highest BCUT2D eigenvalue weighted by Crippen LogP contribution is 2.38. The van der Waals surface area contributed by atoms with E-state index in [1.165, 1.54) is 21.0 Å². The van der Waals surface area contributed by atoms with Gasteiger partial charge in [-0.05, 0) is 98.5 Å². The van der Waals surface area contributed by atoms with Crippen molar-refractivity contribution in [3.63, 3.8) is 0 Å². The Hall–Kier alpha value is -2.45. The Morgan fingerprint density at radius 1 is 1.00 bits per heavy atom. The quantitative estimate of drug-likeness (QED) is 0.194. The monoisotopic (exact) mass is 734 g/mol. The topological polar surface area (TPSA) is 157 Å². The predicted molar refractivity (Wildman–Crippen MR) is 199 cm³/mol. The Bertz CT molecular complexity index is 1390. The molecule has 1 unspecified atom stereocenters. The third-order valence-electron chi connectivity index (χ3n) is 11.6. The summed E-state index contributed by atoms with van der Waals surface area (Å²) in [5, 5.41) is 39.7. The zero-order valence-electron chi connectivity index (χ0n) is 33.9. The number of aryl methyl sites for hydroxylation is 3. The maximum absolute atomic E-state index is 14.2. The second-order valence-corrected chi connectivity index (χ2v) is 16.1. The molecule has 2 aliphatic rings. The third kappa shape index (κ3) is 9.61. The van der Waals surface area contributed by atoms with Gasteiger partial charge in [0, 0.05) is 30.9 Å². The Morgan fingerprint density at radius 3 is 2.13 bits per heavy atom. The molecule has 12 heteroatoms. The van der Waals surface area contributed by atoms with Crippen LogP contribution in [0.2, 0.25) is 0 Å². The van der Waals surface area contributed by atoms with Crippen molar-refractivity contribution in [1.82, 2.24) is 4.90 Å². The molecule has 0 saturated carbocycles. The molecule has 13 atom stereocenters. The molecule has 0 aromatic heterocycles. The van der Waals surface area contributed by atoms with E-state index in [0.717, 1.165) is 22.3 Å². The molecule has 0 bridgehead atoms. The number of hydrogen-bond donors (Lipinski definition) is 3. The van der Waals surface area contributed by atoms with E-state index in [9.17, 15) is 24.9 Å². The second kappa shape index (κ2) is 17.8. The Labute approximate surface area is 311 Å². The third-order valence-corrected chi connectivity index (χ3v) is 11.6. The van der Waals surface area contributed by atoms with Gasteiger partial charge in [-0.1, -0.05) is 50.5 Å². The maximum Gasteiger partial charge on any atom is 0.316 e. The van der Waals surface area contributed by atoms with Crippen molar-refractivity contribution in [2.75, 3.05) is 21.2 Å². The predicted octanol–water partition coefficient (Wildman–Crippen LogP) is 4.65. The van der Waals surface area contributed by atoms with Crippen molar-refractivity contribution in [3.05, 3.63) is 34.4 Å². The molecule has 2 fully saturated rings. The number of oxime groups is 1. The number of aliphatic hydroxyl groups excluding tert-OH is 2. The van der Waals surface area contributed by atoms with Gasteiger partial charge < -0.3 is 44.0 Å². The zero-order chi connectivity index (χ0) is 39.5. The molecule has 296 valence electrons. The number of nitrogens with zero attached hydrogens (tertiary/aromatic N) is 2. The van der Waals surface area contributed by atoms with Crippen LogP contribution >= 0.6 is 0 Å². The van der Waals surface area contributed by atoms with Gasteiger partial charge in [0.1, 0.15) is 30.3 Å². The van der Waals surface area contributed by atoms with Crippen molar-refractivity contribution < 1.29 is 48.7 Å². The zero-order valence-corrected chi connectivity index (χ0v) is 33.9. The van der Waals surface area contributed by atoms with E-state index in [0.29, 0.717) is 12.1 Å². The van der Waals surface area contributed by atoms with Gasteiger partial charge in [0.2, 0.25) is 0 Å². The van der Waals surface area contributed by atoms with Gasteiger partial charge >= 0.3 is 5.97 Å². The summed E-state index contributed by atoms with van der Waals surface area (Å²) in [6.45, 7) is 20.0. The number of benzene rings is 1. The number of aliphatic hydroxyl groups is 3. The molecule has 2 heterocycles. The molecule has 0 spiro atoms. The summed E-state index contributed by atoms with van der Waals surface area (Å²) in [5.41, 5.74) is 1.59. The van der Waals surface area contributed by atoms with E-state index >= 15 is 0 Å². The number of carbonyl (C=O) groups is 2. The number of hydrogen-bond acceptors (Lipinski definition) is 12. The van der Waals surface area contributed by atoms with Gasteiger partial charge in [0.25, 0.3) is 0 Å². The molecule has 2 aliphatic heterocycles. The first-order valence-corrected chi connectivity index (χ1v) is 18.7. The van der Waals surface area contributed by atoms with E-state index in [1.807, 2.05) is 60.5 Å². The van der Waals surface area contributed by atoms with Crippen molar-refractivity contribution >= 4 is 17.5 Å². The summed E-state index contributed by atoms with van der Waals surface area (Å²) in [7, 11) is 5.29. The highest BCUT2D eigenvalue weighted by molar-refractivity contribution is 6.00. The van der Waals surface area contributed by atoms with Crippen LogP contribution in [0.4, 0.5) is 0 Å². The second-order valence-electron chi connectivity index (χ2n) is 16.1. The van der Waals surface area contributed by atoms with Crippen molar-refractivity contribution in [2.45, 2.75) is 156 Å². The number of Topliss-reactive ketones (excluding diaryl/α,β-unsaturated/α-hetero) is 1. The molecule has 1 aromatic carbocycles. The maximum atomic E-state index is 14.2. The van der Waals surface area contributed by atoms with Crippen LogP contribution < -0.4 is 0 Å². The van der Waals surface area contributed by atoms with E-state index in [2.05, 4.69) is 17.3 Å². The molecule has 3 rings (SSSR count). The molecule has 12 nitrogen and oxygen atoms in total. The minimum Gasteiger partial charge on any atom is -0.459 e. The van der Waals surface area contributed by atoms with E-state index in [1.54, 1.807) is 20.8 Å². The Kier molecular flexibility index (Phi) is 15.0. The fraction of sp³-hybridized carbons (Fsp3) is 0.775. The molecule has 52 heavy (non-hydrogen) atoms. The lowest BCUT2D eigenvalue weighted by molar-refractivity contribution is -0.295. The number of esters is 1. The lowest BCUT2D eigenvalue weighted by atomic mass is 9.74. The first-order chi connectivity index (χ1) is 24.1. The van der Waals surface area contributed by atoms with E-state index in [-0.39, 0.29) is 31.6 Å². The highest BCUT2D eigenvalue weighted by Gasteiger charge is 2.51. The number of rotatable bonds is 8.